The average molecular weight is 274 g/mol. The molecule has 3 nitrogen and oxygen atoms in total. The molecule has 0 saturated heterocycles. The van der Waals surface area contributed by atoms with Crippen LogP contribution in [0.5, 0.6) is 0 Å². The van der Waals surface area contributed by atoms with Crippen molar-refractivity contribution in [2.45, 2.75) is 33.7 Å². The van der Waals surface area contributed by atoms with Crippen molar-refractivity contribution < 1.29 is 0 Å². The molecule has 1 aliphatic carbocycles. The monoisotopic (exact) mass is 274 g/mol. The number of hydrogen-bond acceptors (Lipinski definition) is 2. The number of fused-ring (bicyclic) bond motifs is 1. The van der Waals surface area contributed by atoms with Crippen molar-refractivity contribution in [3.05, 3.63) is 39.4 Å². The van der Waals surface area contributed by atoms with Crippen molar-refractivity contribution in [1.82, 2.24) is 9.55 Å². The first-order chi connectivity index (χ1) is 8.78. The van der Waals surface area contributed by atoms with E-state index in [1.165, 1.54) is 0 Å². The number of aromatic nitrogens is 2. The second-order valence-corrected chi connectivity index (χ2v) is 6.88. The van der Waals surface area contributed by atoms with Gasteiger partial charge in [0, 0.05) is 0 Å². The zero-order valence-electron chi connectivity index (χ0n) is 11.7. The van der Waals surface area contributed by atoms with Crippen LogP contribution in [0.3, 0.4) is 0 Å². The third kappa shape index (κ3) is 1.49. The van der Waals surface area contributed by atoms with E-state index in [-0.39, 0.29) is 22.4 Å². The highest BCUT2D eigenvalue weighted by Crippen LogP contribution is 2.71. The molecule has 0 spiro atoms. The molecular weight excluding hydrogens is 256 g/mol. The van der Waals surface area contributed by atoms with Gasteiger partial charge in [-0.25, -0.2) is 0 Å². The largest absolute Gasteiger partial charge is 0.332 e. The van der Waals surface area contributed by atoms with E-state index in [9.17, 15) is 4.79 Å². The van der Waals surface area contributed by atoms with Crippen LogP contribution in [-0.4, -0.2) is 9.55 Å². The van der Waals surface area contributed by atoms with E-state index in [1.54, 1.807) is 4.57 Å². The highest BCUT2D eigenvalue weighted by Gasteiger charge is 2.66. The molecule has 0 aliphatic heterocycles. The van der Waals surface area contributed by atoms with E-state index in [4.69, 9.17) is 12.2 Å². The van der Waals surface area contributed by atoms with E-state index in [0.29, 0.717) is 10.2 Å². The molecule has 4 heteroatoms. The number of H-pyrrole nitrogens is 1. The number of benzene rings is 1. The molecule has 19 heavy (non-hydrogen) atoms. The summed E-state index contributed by atoms with van der Waals surface area (Å²) in [6, 6.07) is 7.68. The van der Waals surface area contributed by atoms with Crippen LogP contribution in [0.15, 0.2) is 29.1 Å². The number of para-hydroxylation sites is 1. The normalized spacial score (nSPS) is 20.6. The lowest BCUT2D eigenvalue weighted by atomic mass is 10.0. The molecule has 3 rings (SSSR count). The maximum absolute atomic E-state index is 12.7. The van der Waals surface area contributed by atoms with Gasteiger partial charge in [-0.3, -0.25) is 9.36 Å². The highest BCUT2D eigenvalue weighted by molar-refractivity contribution is 7.71. The summed E-state index contributed by atoms with van der Waals surface area (Å²) in [5.41, 5.74) is 0.995. The summed E-state index contributed by atoms with van der Waals surface area (Å²) in [7, 11) is 0. The highest BCUT2D eigenvalue weighted by atomic mass is 32.1. The standard InChI is InChI=1S/C15H18N2OS/c1-14(2)12(15(14,3)4)17-11(18)9-7-5-6-8-10(9)16-13(17)19/h5-8,12H,1-4H3,(H,16,19). The van der Waals surface area contributed by atoms with Gasteiger partial charge in [0.15, 0.2) is 4.77 Å². The lowest BCUT2D eigenvalue weighted by Gasteiger charge is -2.09. The van der Waals surface area contributed by atoms with Crippen LogP contribution in [0.2, 0.25) is 0 Å². The SMILES string of the molecule is CC1(C)C(n2c(=S)[nH]c3ccccc3c2=O)C1(C)C. The minimum atomic E-state index is 0.0167. The molecule has 100 valence electrons. The third-order valence-corrected chi connectivity index (χ3v) is 5.34. The van der Waals surface area contributed by atoms with Gasteiger partial charge in [0.2, 0.25) is 0 Å². The molecule has 2 aromatic rings. The van der Waals surface area contributed by atoms with E-state index in [2.05, 4.69) is 32.7 Å². The van der Waals surface area contributed by atoms with Crippen LogP contribution < -0.4 is 5.56 Å². The van der Waals surface area contributed by atoms with Gasteiger partial charge in [-0.15, -0.1) is 0 Å². The second kappa shape index (κ2) is 3.57. The molecule has 1 heterocycles. The van der Waals surface area contributed by atoms with Gasteiger partial charge in [0.25, 0.3) is 5.56 Å². The van der Waals surface area contributed by atoms with Crippen LogP contribution in [-0.2, 0) is 0 Å². The third-order valence-electron chi connectivity index (χ3n) is 5.04. The molecule has 1 aromatic heterocycles. The summed E-state index contributed by atoms with van der Waals surface area (Å²) in [4.78, 5) is 15.9. The number of nitrogens with zero attached hydrogens (tertiary/aromatic N) is 1. The number of nitrogens with one attached hydrogen (secondary N) is 1. The average Bonchev–Trinajstić information content (AvgIpc) is 2.72. The van der Waals surface area contributed by atoms with Crippen molar-refractivity contribution in [3.8, 4) is 0 Å². The fourth-order valence-corrected chi connectivity index (χ4v) is 3.52. The van der Waals surface area contributed by atoms with Gasteiger partial charge in [-0.2, -0.15) is 0 Å². The lowest BCUT2D eigenvalue weighted by molar-refractivity contribution is 0.457. The molecule has 1 aromatic carbocycles. The predicted octanol–water partition coefficient (Wildman–Crippen LogP) is 3.67. The van der Waals surface area contributed by atoms with Crippen molar-refractivity contribution in [2.24, 2.45) is 10.8 Å². The second-order valence-electron chi connectivity index (χ2n) is 6.50. The van der Waals surface area contributed by atoms with Crippen molar-refractivity contribution in [2.75, 3.05) is 0 Å². The minimum Gasteiger partial charge on any atom is -0.332 e. The van der Waals surface area contributed by atoms with Gasteiger partial charge in [0.1, 0.15) is 0 Å². The molecule has 0 bridgehead atoms. The summed E-state index contributed by atoms with van der Waals surface area (Å²) >= 11 is 5.40. The molecule has 1 N–H and O–H groups in total. The molecule has 0 unspecified atom stereocenters. The maximum atomic E-state index is 12.7. The Labute approximate surface area is 117 Å². The molecule has 1 fully saturated rings. The zero-order valence-corrected chi connectivity index (χ0v) is 12.5. The van der Waals surface area contributed by atoms with Crippen molar-refractivity contribution >= 4 is 23.1 Å². The molecular formula is C15H18N2OS. The van der Waals surface area contributed by atoms with Gasteiger partial charge in [-0.05, 0) is 35.2 Å². The predicted molar refractivity (Wildman–Crippen MR) is 80.0 cm³/mol. The van der Waals surface area contributed by atoms with Crippen LogP contribution in [0.1, 0.15) is 33.7 Å². The Morgan fingerprint density at radius 1 is 1.16 bits per heavy atom. The van der Waals surface area contributed by atoms with Crippen molar-refractivity contribution in [3.63, 3.8) is 0 Å². The van der Waals surface area contributed by atoms with Crippen molar-refractivity contribution in [1.29, 1.82) is 0 Å². The zero-order chi connectivity index (χ0) is 14.0. The number of aromatic amines is 1. The summed E-state index contributed by atoms with van der Waals surface area (Å²) in [6.07, 6.45) is 0. The first-order valence-corrected chi connectivity index (χ1v) is 6.93. The Morgan fingerprint density at radius 2 is 1.74 bits per heavy atom. The first kappa shape index (κ1) is 12.6. The Bertz CT molecular complexity index is 769. The van der Waals surface area contributed by atoms with Crippen LogP contribution in [0.4, 0.5) is 0 Å². The van der Waals surface area contributed by atoms with Crippen LogP contribution >= 0.6 is 12.2 Å². The number of rotatable bonds is 1. The van der Waals surface area contributed by atoms with E-state index < -0.39 is 0 Å². The maximum Gasteiger partial charge on any atom is 0.262 e. The molecule has 0 amide bonds. The Balaban J connectivity index is 2.33. The summed E-state index contributed by atoms with van der Waals surface area (Å²) in [5, 5.41) is 0.703. The molecule has 0 atom stereocenters. The topological polar surface area (TPSA) is 37.8 Å². The Hall–Kier alpha value is -1.42. The smallest absolute Gasteiger partial charge is 0.262 e. The van der Waals surface area contributed by atoms with E-state index in [1.807, 2.05) is 24.3 Å². The van der Waals surface area contributed by atoms with E-state index >= 15 is 0 Å². The summed E-state index contributed by atoms with van der Waals surface area (Å²) < 4.78 is 2.28. The quantitative estimate of drug-likeness (QED) is 0.806. The van der Waals surface area contributed by atoms with Gasteiger partial charge in [0.05, 0.1) is 16.9 Å². The lowest BCUT2D eigenvalue weighted by Crippen LogP contribution is -2.23. The Morgan fingerprint density at radius 3 is 2.32 bits per heavy atom. The molecule has 1 saturated carbocycles. The number of hydrogen-bond donors (Lipinski definition) is 1. The van der Waals surface area contributed by atoms with Gasteiger partial charge >= 0.3 is 0 Å². The van der Waals surface area contributed by atoms with Gasteiger partial charge < -0.3 is 4.98 Å². The molecule has 1 aliphatic rings. The fourth-order valence-electron chi connectivity index (χ4n) is 3.22. The van der Waals surface area contributed by atoms with E-state index in [0.717, 1.165) is 5.52 Å². The first-order valence-electron chi connectivity index (χ1n) is 6.52. The minimum absolute atomic E-state index is 0.0167. The Kier molecular flexibility index (Phi) is 2.37. The summed E-state index contributed by atoms with van der Waals surface area (Å²) in [6.45, 7) is 8.75. The fraction of sp³-hybridized carbons (Fsp3) is 0.467. The van der Waals surface area contributed by atoms with Crippen LogP contribution in [0.25, 0.3) is 10.9 Å². The van der Waals surface area contributed by atoms with Gasteiger partial charge in [-0.1, -0.05) is 39.8 Å². The molecule has 0 radical (unpaired) electrons. The van der Waals surface area contributed by atoms with Crippen LogP contribution in [0, 0.1) is 15.6 Å². The summed E-state index contributed by atoms with van der Waals surface area (Å²) in [5.74, 6) is 0.